The summed E-state index contributed by atoms with van der Waals surface area (Å²) in [5, 5.41) is 1.02. The third-order valence-electron chi connectivity index (χ3n) is 3.99. The lowest BCUT2D eigenvalue weighted by molar-refractivity contribution is 0.0464. The zero-order valence-corrected chi connectivity index (χ0v) is 15.3. The summed E-state index contributed by atoms with van der Waals surface area (Å²) in [5.74, 6) is 0.776. The molecule has 2 rings (SSSR count). The number of esters is 1. The van der Waals surface area contributed by atoms with E-state index in [1.165, 1.54) is 0 Å². The summed E-state index contributed by atoms with van der Waals surface area (Å²) in [5.41, 5.74) is 1.47. The standard InChI is InChI=1S/C19H25NO2S/c1-12(2)14(5)18-20-16(17(23-18)13(3)4)19(21)22-11-15-9-7-6-8-10-15/h6-10,12-14H,11H2,1-5H3. The highest BCUT2D eigenvalue weighted by Gasteiger charge is 2.24. The molecule has 0 amide bonds. The van der Waals surface area contributed by atoms with E-state index in [1.54, 1.807) is 11.3 Å². The van der Waals surface area contributed by atoms with Gasteiger partial charge in [-0.15, -0.1) is 11.3 Å². The Balaban J connectivity index is 2.18. The molecule has 0 bridgehead atoms. The van der Waals surface area contributed by atoms with E-state index >= 15 is 0 Å². The molecule has 1 heterocycles. The second-order valence-corrected chi connectivity index (χ2v) is 7.58. The predicted octanol–water partition coefficient (Wildman–Crippen LogP) is 5.38. The van der Waals surface area contributed by atoms with Crippen LogP contribution in [-0.2, 0) is 11.3 Å². The fourth-order valence-corrected chi connectivity index (χ4v) is 3.44. The second kappa shape index (κ2) is 7.73. The number of nitrogens with zero attached hydrogens (tertiary/aromatic N) is 1. The van der Waals surface area contributed by atoms with Crippen molar-refractivity contribution in [3.8, 4) is 0 Å². The molecule has 1 atom stereocenters. The van der Waals surface area contributed by atoms with Crippen molar-refractivity contribution in [3.05, 3.63) is 51.5 Å². The molecule has 1 aromatic heterocycles. The maximum absolute atomic E-state index is 12.5. The first kappa shape index (κ1) is 17.7. The van der Waals surface area contributed by atoms with E-state index in [9.17, 15) is 4.79 Å². The van der Waals surface area contributed by atoms with Crippen LogP contribution in [0.4, 0.5) is 0 Å². The monoisotopic (exact) mass is 331 g/mol. The average molecular weight is 331 g/mol. The van der Waals surface area contributed by atoms with Gasteiger partial charge in [0.1, 0.15) is 6.61 Å². The Bertz CT molecular complexity index is 647. The first-order valence-corrected chi connectivity index (χ1v) is 8.93. The van der Waals surface area contributed by atoms with Crippen molar-refractivity contribution in [1.29, 1.82) is 0 Å². The van der Waals surface area contributed by atoms with E-state index < -0.39 is 0 Å². The molecule has 0 radical (unpaired) electrons. The molecule has 23 heavy (non-hydrogen) atoms. The van der Waals surface area contributed by atoms with Crippen LogP contribution in [0.1, 0.15) is 72.4 Å². The van der Waals surface area contributed by atoms with Crippen molar-refractivity contribution in [2.75, 3.05) is 0 Å². The van der Waals surface area contributed by atoms with Gasteiger partial charge in [-0.25, -0.2) is 9.78 Å². The van der Waals surface area contributed by atoms with Crippen LogP contribution in [0.2, 0.25) is 0 Å². The van der Waals surface area contributed by atoms with E-state index in [-0.39, 0.29) is 18.5 Å². The molecule has 2 aromatic rings. The van der Waals surface area contributed by atoms with Gasteiger partial charge in [0.2, 0.25) is 0 Å². The quantitative estimate of drug-likeness (QED) is 0.667. The minimum atomic E-state index is -0.323. The molecule has 124 valence electrons. The van der Waals surface area contributed by atoms with Crippen LogP contribution in [0.15, 0.2) is 30.3 Å². The maximum Gasteiger partial charge on any atom is 0.358 e. The SMILES string of the molecule is CC(C)c1sc(C(C)C(C)C)nc1C(=O)OCc1ccccc1. The smallest absolute Gasteiger partial charge is 0.358 e. The van der Waals surface area contributed by atoms with Gasteiger partial charge >= 0.3 is 5.97 Å². The van der Waals surface area contributed by atoms with Crippen LogP contribution in [0.3, 0.4) is 0 Å². The maximum atomic E-state index is 12.5. The number of thiazole rings is 1. The lowest BCUT2D eigenvalue weighted by atomic mass is 9.99. The number of carbonyl (C=O) groups excluding carboxylic acids is 1. The minimum Gasteiger partial charge on any atom is -0.456 e. The predicted molar refractivity (Wildman–Crippen MR) is 95.0 cm³/mol. The Kier molecular flexibility index (Phi) is 5.94. The fraction of sp³-hybridized carbons (Fsp3) is 0.474. The van der Waals surface area contributed by atoms with Crippen LogP contribution in [0.5, 0.6) is 0 Å². The molecule has 0 aliphatic heterocycles. The van der Waals surface area contributed by atoms with Crippen LogP contribution >= 0.6 is 11.3 Å². The molecule has 0 spiro atoms. The third-order valence-corrected chi connectivity index (χ3v) is 5.55. The molecule has 1 unspecified atom stereocenters. The third kappa shape index (κ3) is 4.41. The summed E-state index contributed by atoms with van der Waals surface area (Å²) in [6, 6.07) is 9.72. The minimum absolute atomic E-state index is 0.264. The number of aromatic nitrogens is 1. The number of ether oxygens (including phenoxy) is 1. The zero-order chi connectivity index (χ0) is 17.0. The molecule has 0 N–H and O–H groups in total. The van der Waals surface area contributed by atoms with E-state index in [0.29, 0.717) is 17.5 Å². The van der Waals surface area contributed by atoms with E-state index in [0.717, 1.165) is 15.4 Å². The normalized spacial score (nSPS) is 12.7. The van der Waals surface area contributed by atoms with Gasteiger partial charge < -0.3 is 4.74 Å². The van der Waals surface area contributed by atoms with Gasteiger partial charge in [-0.2, -0.15) is 0 Å². The topological polar surface area (TPSA) is 39.2 Å². The fourth-order valence-electron chi connectivity index (χ4n) is 2.16. The van der Waals surface area contributed by atoms with Crippen LogP contribution in [0, 0.1) is 5.92 Å². The summed E-state index contributed by atoms with van der Waals surface area (Å²) in [6.07, 6.45) is 0. The number of hydrogen-bond donors (Lipinski definition) is 0. The lowest BCUT2D eigenvalue weighted by Crippen LogP contribution is -2.09. The molecule has 0 fully saturated rings. The van der Waals surface area contributed by atoms with Gasteiger partial charge in [-0.3, -0.25) is 0 Å². The molecule has 3 nitrogen and oxygen atoms in total. The highest BCUT2D eigenvalue weighted by Crippen LogP contribution is 2.34. The van der Waals surface area contributed by atoms with Crippen LogP contribution in [-0.4, -0.2) is 11.0 Å². The van der Waals surface area contributed by atoms with E-state index in [4.69, 9.17) is 4.74 Å². The van der Waals surface area contributed by atoms with E-state index in [2.05, 4.69) is 39.6 Å². The van der Waals surface area contributed by atoms with Crippen molar-refractivity contribution in [1.82, 2.24) is 4.98 Å². The second-order valence-electron chi connectivity index (χ2n) is 6.51. The molecular formula is C19H25NO2S. The molecule has 0 saturated carbocycles. The van der Waals surface area contributed by atoms with Crippen molar-refractivity contribution >= 4 is 17.3 Å². The van der Waals surface area contributed by atoms with E-state index in [1.807, 2.05) is 30.3 Å². The number of hydrogen-bond acceptors (Lipinski definition) is 4. The lowest BCUT2D eigenvalue weighted by Gasteiger charge is -2.11. The highest BCUT2D eigenvalue weighted by molar-refractivity contribution is 7.12. The molecule has 1 aromatic carbocycles. The van der Waals surface area contributed by atoms with Gasteiger partial charge in [-0.1, -0.05) is 65.0 Å². The summed E-state index contributed by atoms with van der Waals surface area (Å²) in [4.78, 5) is 18.1. The highest BCUT2D eigenvalue weighted by atomic mass is 32.1. The van der Waals surface area contributed by atoms with Gasteiger partial charge in [0.05, 0.1) is 5.01 Å². The molecule has 0 aliphatic rings. The molecule has 0 saturated heterocycles. The van der Waals surface area contributed by atoms with Crippen molar-refractivity contribution in [3.63, 3.8) is 0 Å². The Morgan fingerprint density at radius 1 is 1.13 bits per heavy atom. The summed E-state index contributed by atoms with van der Waals surface area (Å²) in [7, 11) is 0. The number of rotatable bonds is 6. The summed E-state index contributed by atoms with van der Waals surface area (Å²) in [6.45, 7) is 11.0. The van der Waals surface area contributed by atoms with Crippen molar-refractivity contribution in [2.24, 2.45) is 5.92 Å². The first-order chi connectivity index (χ1) is 10.9. The molecule has 4 heteroatoms. The van der Waals surface area contributed by atoms with Gasteiger partial charge in [-0.05, 0) is 17.4 Å². The summed E-state index contributed by atoms with van der Waals surface area (Å²) < 4.78 is 5.46. The van der Waals surface area contributed by atoms with Gasteiger partial charge in [0.25, 0.3) is 0 Å². The Morgan fingerprint density at radius 2 is 1.78 bits per heavy atom. The largest absolute Gasteiger partial charge is 0.456 e. The van der Waals surface area contributed by atoms with Crippen LogP contribution in [0.25, 0.3) is 0 Å². The first-order valence-electron chi connectivity index (χ1n) is 8.11. The average Bonchev–Trinajstić information content (AvgIpc) is 2.98. The number of benzene rings is 1. The Hall–Kier alpha value is -1.68. The Labute approximate surface area is 142 Å². The number of carbonyl (C=O) groups is 1. The molecule has 0 aliphatic carbocycles. The summed E-state index contributed by atoms with van der Waals surface area (Å²) >= 11 is 1.64. The van der Waals surface area contributed by atoms with Gasteiger partial charge in [0, 0.05) is 10.8 Å². The van der Waals surface area contributed by atoms with Crippen LogP contribution < -0.4 is 0 Å². The molecular weight excluding hydrogens is 306 g/mol. The Morgan fingerprint density at radius 3 is 2.35 bits per heavy atom. The van der Waals surface area contributed by atoms with Gasteiger partial charge in [0.15, 0.2) is 5.69 Å². The van der Waals surface area contributed by atoms with Crippen molar-refractivity contribution < 1.29 is 9.53 Å². The zero-order valence-electron chi connectivity index (χ0n) is 14.5. The van der Waals surface area contributed by atoms with Crippen molar-refractivity contribution in [2.45, 2.75) is 53.1 Å².